The molecule has 41 heavy (non-hydrogen) atoms. The van der Waals surface area contributed by atoms with Crippen molar-refractivity contribution in [2.75, 3.05) is 50.7 Å². The first-order chi connectivity index (χ1) is 19.3. The summed E-state index contributed by atoms with van der Waals surface area (Å²) in [5.41, 5.74) is 7.81. The van der Waals surface area contributed by atoms with Crippen molar-refractivity contribution < 1.29 is 22.7 Å². The lowest BCUT2D eigenvalue weighted by Crippen LogP contribution is -2.35. The Bertz CT molecular complexity index is 1340. The minimum atomic E-state index is -4.70. The summed E-state index contributed by atoms with van der Waals surface area (Å²) in [5.74, 6) is 5.66. The number of nitrogens with zero attached hydrogens (tertiary/aromatic N) is 4. The maximum absolute atomic E-state index is 13.8. The molecule has 0 bridgehead atoms. The van der Waals surface area contributed by atoms with Gasteiger partial charge in [0.2, 0.25) is 0 Å². The summed E-state index contributed by atoms with van der Waals surface area (Å²) in [4.78, 5) is 15.1. The number of carbonyl (C=O) groups excluding carboxylic acids is 1. The molecule has 1 heterocycles. The Kier molecular flexibility index (Phi) is 10.8. The molecule has 1 aliphatic rings. The summed E-state index contributed by atoms with van der Waals surface area (Å²) in [7, 11) is 3.55. The van der Waals surface area contributed by atoms with Crippen LogP contribution in [0.1, 0.15) is 34.0 Å². The number of halogens is 4. The predicted octanol–water partition coefficient (Wildman–Crippen LogP) is 4.73. The quantitative estimate of drug-likeness (QED) is 0.167. The number of ether oxygens (including phenoxy) is 1. The SMILES string of the molecule is C/C=C(/C=N\N(C)C)C(\N)=C\N(N)c1cc(C(=O)Nc2cc(CN3CCOCC3)c(Cl)c(C(F)(F)F)c2)ccc1C. The number of hydrogen-bond acceptors (Lipinski definition) is 8. The van der Waals surface area contributed by atoms with Crippen LogP contribution < -0.4 is 21.9 Å². The first-order valence-electron chi connectivity index (χ1n) is 12.8. The lowest BCUT2D eigenvalue weighted by molar-refractivity contribution is -0.137. The third-order valence-corrected chi connectivity index (χ3v) is 6.75. The molecule has 0 aliphatic carbocycles. The van der Waals surface area contributed by atoms with Gasteiger partial charge in [0.15, 0.2) is 0 Å². The molecule has 5 N–H and O–H groups in total. The van der Waals surface area contributed by atoms with Gasteiger partial charge >= 0.3 is 6.18 Å². The van der Waals surface area contributed by atoms with Crippen LogP contribution in [0.15, 0.2) is 59.0 Å². The molecule has 222 valence electrons. The molecule has 0 atom stereocenters. The van der Waals surface area contributed by atoms with Gasteiger partial charge in [-0.25, -0.2) is 5.84 Å². The molecule has 0 radical (unpaired) electrons. The van der Waals surface area contributed by atoms with E-state index in [1.807, 2.05) is 11.8 Å². The summed E-state index contributed by atoms with van der Waals surface area (Å²) in [5, 5.41) is 9.27. The molecular weight excluding hydrogens is 559 g/mol. The van der Waals surface area contributed by atoms with E-state index >= 15 is 0 Å². The van der Waals surface area contributed by atoms with Gasteiger partial charge in [-0.3, -0.25) is 14.7 Å². The molecule has 2 aromatic rings. The van der Waals surface area contributed by atoms with E-state index in [4.69, 9.17) is 27.9 Å². The van der Waals surface area contributed by atoms with Gasteiger partial charge in [0.05, 0.1) is 41.4 Å². The number of benzene rings is 2. The van der Waals surface area contributed by atoms with E-state index in [0.29, 0.717) is 43.3 Å². The smallest absolute Gasteiger partial charge is 0.397 e. The monoisotopic (exact) mass is 593 g/mol. The van der Waals surface area contributed by atoms with Gasteiger partial charge in [-0.2, -0.15) is 18.3 Å². The summed E-state index contributed by atoms with van der Waals surface area (Å²) < 4.78 is 46.8. The van der Waals surface area contributed by atoms with Crippen molar-refractivity contribution in [3.63, 3.8) is 0 Å². The number of hydrogen-bond donors (Lipinski definition) is 3. The van der Waals surface area contributed by atoms with Gasteiger partial charge in [-0.1, -0.05) is 23.7 Å². The molecule has 2 aromatic carbocycles. The molecule has 1 amide bonds. The van der Waals surface area contributed by atoms with Crippen LogP contribution in [0, 0.1) is 6.92 Å². The first-order valence-corrected chi connectivity index (χ1v) is 13.2. The third-order valence-electron chi connectivity index (χ3n) is 6.31. The van der Waals surface area contributed by atoms with E-state index in [2.05, 4.69) is 10.4 Å². The van der Waals surface area contributed by atoms with Crippen LogP contribution in [0.25, 0.3) is 0 Å². The average molecular weight is 594 g/mol. The molecule has 1 aliphatic heterocycles. The Balaban J connectivity index is 1.88. The van der Waals surface area contributed by atoms with E-state index in [1.54, 1.807) is 50.5 Å². The summed E-state index contributed by atoms with van der Waals surface area (Å²) in [6, 6.07) is 7.08. The second kappa shape index (κ2) is 13.9. The average Bonchev–Trinajstić information content (AvgIpc) is 2.90. The lowest BCUT2D eigenvalue weighted by atomic mass is 10.1. The van der Waals surface area contributed by atoms with E-state index in [1.165, 1.54) is 23.3 Å². The van der Waals surface area contributed by atoms with Gasteiger partial charge in [0.25, 0.3) is 5.91 Å². The van der Waals surface area contributed by atoms with E-state index < -0.39 is 17.6 Å². The molecule has 13 heteroatoms. The van der Waals surface area contributed by atoms with Crippen LogP contribution in [0.4, 0.5) is 24.5 Å². The zero-order valence-corrected chi connectivity index (χ0v) is 24.2. The van der Waals surface area contributed by atoms with Crippen LogP contribution in [0.2, 0.25) is 5.02 Å². The minimum absolute atomic E-state index is 0.0243. The number of rotatable bonds is 9. The Morgan fingerprint density at radius 1 is 1.22 bits per heavy atom. The number of nitrogens with two attached hydrogens (primary N) is 2. The van der Waals surface area contributed by atoms with Gasteiger partial charge in [-0.15, -0.1) is 0 Å². The van der Waals surface area contributed by atoms with Crippen molar-refractivity contribution in [3.05, 3.63) is 81.2 Å². The highest BCUT2D eigenvalue weighted by Gasteiger charge is 2.35. The molecule has 0 unspecified atom stereocenters. The molecule has 1 fully saturated rings. The number of morpholine rings is 1. The number of alkyl halides is 3. The number of anilines is 2. The maximum Gasteiger partial charge on any atom is 0.417 e. The second-order valence-electron chi connectivity index (χ2n) is 9.67. The van der Waals surface area contributed by atoms with Crippen molar-refractivity contribution in [2.24, 2.45) is 16.7 Å². The summed E-state index contributed by atoms with van der Waals surface area (Å²) >= 11 is 6.18. The molecule has 0 saturated carbocycles. The number of aryl methyl sites for hydroxylation is 1. The topological polar surface area (TPSA) is 112 Å². The Hall–Kier alpha value is -3.58. The number of nitrogens with one attached hydrogen (secondary N) is 1. The molecule has 0 spiro atoms. The van der Waals surface area contributed by atoms with Crippen molar-refractivity contribution in [2.45, 2.75) is 26.6 Å². The van der Waals surface area contributed by atoms with E-state index in [9.17, 15) is 18.0 Å². The fourth-order valence-electron chi connectivity index (χ4n) is 4.10. The van der Waals surface area contributed by atoms with Crippen molar-refractivity contribution >= 4 is 35.1 Å². The number of hydrazone groups is 1. The van der Waals surface area contributed by atoms with Gasteiger partial charge in [0, 0.05) is 56.8 Å². The molecule has 9 nitrogen and oxygen atoms in total. The normalized spacial score (nSPS) is 15.3. The first kappa shape index (κ1) is 31.9. The highest BCUT2D eigenvalue weighted by molar-refractivity contribution is 6.32. The molecular formula is C28H35ClF3N7O2. The van der Waals surface area contributed by atoms with Crippen molar-refractivity contribution in [1.82, 2.24) is 9.91 Å². The third kappa shape index (κ3) is 8.70. The van der Waals surface area contributed by atoms with Gasteiger partial charge < -0.3 is 20.8 Å². The number of hydrazine groups is 1. The fraction of sp³-hybridized carbons (Fsp3) is 0.357. The van der Waals surface area contributed by atoms with Crippen LogP contribution in [0.5, 0.6) is 0 Å². The van der Waals surface area contributed by atoms with Crippen LogP contribution in [-0.2, 0) is 17.5 Å². The van der Waals surface area contributed by atoms with Gasteiger partial charge in [0.1, 0.15) is 0 Å². The fourth-order valence-corrected chi connectivity index (χ4v) is 4.37. The zero-order chi connectivity index (χ0) is 30.3. The largest absolute Gasteiger partial charge is 0.417 e. The maximum atomic E-state index is 13.8. The van der Waals surface area contributed by atoms with Crippen molar-refractivity contribution in [3.8, 4) is 0 Å². The number of carbonyl (C=O) groups is 1. The Morgan fingerprint density at radius 3 is 2.51 bits per heavy atom. The number of allylic oxidation sites excluding steroid dienone is 2. The second-order valence-corrected chi connectivity index (χ2v) is 10.0. The van der Waals surface area contributed by atoms with Gasteiger partial charge in [-0.05, 0) is 49.2 Å². The predicted molar refractivity (Wildman–Crippen MR) is 157 cm³/mol. The number of amides is 1. The highest BCUT2D eigenvalue weighted by atomic mass is 35.5. The standard InChI is InChI=1S/C28H35ClF3N7O2/c1-5-19(15-35-37(3)4)24(33)17-39(34)25-13-20(7-6-18(25)2)27(40)36-22-12-21(16-38-8-10-41-11-9-38)26(29)23(14-22)28(30,31)32/h5-7,12-15,17H,8-11,16,33-34H2,1-4H3,(H,36,40)/b19-5-,24-17-,35-15-. The minimum Gasteiger partial charge on any atom is -0.397 e. The molecule has 3 rings (SSSR count). The van der Waals surface area contributed by atoms with E-state index in [-0.39, 0.29) is 28.4 Å². The van der Waals surface area contributed by atoms with Crippen LogP contribution in [0.3, 0.4) is 0 Å². The van der Waals surface area contributed by atoms with E-state index in [0.717, 1.165) is 11.6 Å². The molecule has 0 aromatic heterocycles. The zero-order valence-electron chi connectivity index (χ0n) is 23.4. The highest BCUT2D eigenvalue weighted by Crippen LogP contribution is 2.39. The Morgan fingerprint density at radius 2 is 1.90 bits per heavy atom. The Labute approximate surface area is 242 Å². The molecule has 1 saturated heterocycles. The van der Waals surface area contributed by atoms with Crippen LogP contribution in [-0.4, -0.2) is 62.4 Å². The summed E-state index contributed by atoms with van der Waals surface area (Å²) in [6.45, 7) is 5.88. The lowest BCUT2D eigenvalue weighted by Gasteiger charge is -2.27. The van der Waals surface area contributed by atoms with Crippen LogP contribution >= 0.6 is 11.6 Å². The summed E-state index contributed by atoms with van der Waals surface area (Å²) in [6.07, 6.45) is 0.154. The van der Waals surface area contributed by atoms with Crippen molar-refractivity contribution in [1.29, 1.82) is 0 Å².